The van der Waals surface area contributed by atoms with E-state index in [2.05, 4.69) is 15.3 Å². The van der Waals surface area contributed by atoms with E-state index in [-0.39, 0.29) is 11.7 Å². The van der Waals surface area contributed by atoms with Gasteiger partial charge in [0, 0.05) is 24.2 Å². The number of para-hydroxylation sites is 1. The number of imidazole rings is 1. The smallest absolute Gasteiger partial charge is 0.239 e. The second-order valence-electron chi connectivity index (χ2n) is 6.84. The maximum atomic E-state index is 12.4. The van der Waals surface area contributed by atoms with Crippen LogP contribution < -0.4 is 5.32 Å². The van der Waals surface area contributed by atoms with Gasteiger partial charge in [-0.2, -0.15) is 0 Å². The minimum absolute atomic E-state index is 0.0902. The molecule has 2 N–H and O–H groups in total. The molecule has 2 aromatic carbocycles. The molecule has 0 spiro atoms. The molecule has 0 saturated heterocycles. The molecule has 1 aromatic heterocycles. The van der Waals surface area contributed by atoms with Crippen LogP contribution >= 0.6 is 0 Å². The Morgan fingerprint density at radius 1 is 1.19 bits per heavy atom. The highest BCUT2D eigenvalue weighted by molar-refractivity contribution is 6.05. The van der Waals surface area contributed by atoms with E-state index in [0.29, 0.717) is 24.4 Å². The fourth-order valence-corrected chi connectivity index (χ4v) is 3.29. The second kappa shape index (κ2) is 6.38. The Kier molecular flexibility index (Phi) is 4.05. The molecule has 0 bridgehead atoms. The van der Waals surface area contributed by atoms with Crippen molar-refractivity contribution in [1.82, 2.24) is 14.9 Å². The molecule has 1 aliphatic rings. The summed E-state index contributed by atoms with van der Waals surface area (Å²) in [6.45, 7) is 0.712. The molecule has 0 radical (unpaired) electrons. The third-order valence-corrected chi connectivity index (χ3v) is 4.67. The number of hydrogen-bond donors (Lipinski definition) is 2. The number of H-pyrrole nitrogens is 1. The number of hydrogen-bond acceptors (Lipinski definition) is 4. The summed E-state index contributed by atoms with van der Waals surface area (Å²) >= 11 is 0. The first-order valence-electron chi connectivity index (χ1n) is 8.60. The molecule has 2 heterocycles. The van der Waals surface area contributed by atoms with Crippen LogP contribution in [0.2, 0.25) is 0 Å². The second-order valence-corrected chi connectivity index (χ2v) is 6.84. The Morgan fingerprint density at radius 3 is 2.81 bits per heavy atom. The van der Waals surface area contributed by atoms with Gasteiger partial charge in [-0.3, -0.25) is 9.59 Å². The molecule has 3 aromatic rings. The summed E-state index contributed by atoms with van der Waals surface area (Å²) in [5.74, 6) is 0.153. The molecule has 6 heteroatoms. The summed E-state index contributed by atoms with van der Waals surface area (Å²) in [6, 6.07) is 13.1. The van der Waals surface area contributed by atoms with Crippen molar-refractivity contribution in [3.05, 3.63) is 59.4 Å². The van der Waals surface area contributed by atoms with Gasteiger partial charge in [-0.15, -0.1) is 0 Å². The van der Waals surface area contributed by atoms with Crippen LogP contribution in [-0.4, -0.2) is 47.2 Å². The first-order valence-corrected chi connectivity index (χ1v) is 8.60. The average Bonchev–Trinajstić information content (AvgIpc) is 3.17. The van der Waals surface area contributed by atoms with Gasteiger partial charge in [0.1, 0.15) is 11.7 Å². The Hall–Kier alpha value is -2.99. The van der Waals surface area contributed by atoms with Crippen LogP contribution in [-0.2, 0) is 4.79 Å². The normalized spacial score (nSPS) is 16.1. The Balaban J connectivity index is 1.66. The lowest BCUT2D eigenvalue weighted by atomic mass is 10.0. The van der Waals surface area contributed by atoms with Gasteiger partial charge in [-0.1, -0.05) is 18.2 Å². The molecule has 26 heavy (non-hydrogen) atoms. The number of rotatable bonds is 5. The summed E-state index contributed by atoms with van der Waals surface area (Å²) in [5.41, 5.74) is 3.92. The minimum atomic E-state index is -0.452. The largest absolute Gasteiger partial charge is 0.341 e. The number of carbonyl (C=O) groups excluding carboxylic acids is 2. The molecule has 1 amide bonds. The molecule has 0 fully saturated rings. The SMILES string of the molecule is CN(C)CCC(=O)c1ccc2nc(C3C(=O)Nc4ccccc43)[nH]c2c1. The lowest BCUT2D eigenvalue weighted by Crippen LogP contribution is -2.16. The molecule has 1 aliphatic heterocycles. The monoisotopic (exact) mass is 348 g/mol. The van der Waals surface area contributed by atoms with Crippen molar-refractivity contribution >= 4 is 28.4 Å². The van der Waals surface area contributed by atoms with Gasteiger partial charge < -0.3 is 15.2 Å². The summed E-state index contributed by atoms with van der Waals surface area (Å²) in [5, 5.41) is 2.89. The number of anilines is 1. The molecule has 132 valence electrons. The van der Waals surface area contributed by atoms with Gasteiger partial charge in [0.2, 0.25) is 5.91 Å². The zero-order chi connectivity index (χ0) is 18.3. The third-order valence-electron chi connectivity index (χ3n) is 4.67. The van der Waals surface area contributed by atoms with Gasteiger partial charge in [0.15, 0.2) is 5.78 Å². The van der Waals surface area contributed by atoms with E-state index in [1.807, 2.05) is 55.4 Å². The van der Waals surface area contributed by atoms with E-state index < -0.39 is 5.92 Å². The molecular weight excluding hydrogens is 328 g/mol. The van der Waals surface area contributed by atoms with Crippen LogP contribution in [0.15, 0.2) is 42.5 Å². The maximum Gasteiger partial charge on any atom is 0.239 e. The molecule has 0 saturated carbocycles. The first kappa shape index (κ1) is 16.5. The topological polar surface area (TPSA) is 78.1 Å². The lowest BCUT2D eigenvalue weighted by molar-refractivity contribution is -0.116. The average molecular weight is 348 g/mol. The van der Waals surface area contributed by atoms with Crippen molar-refractivity contribution in [3.8, 4) is 0 Å². The summed E-state index contributed by atoms with van der Waals surface area (Å²) < 4.78 is 0. The van der Waals surface area contributed by atoms with E-state index in [9.17, 15) is 9.59 Å². The fraction of sp³-hybridized carbons (Fsp3) is 0.250. The van der Waals surface area contributed by atoms with Crippen LogP contribution in [0.5, 0.6) is 0 Å². The Labute approximate surface area is 151 Å². The number of ketones is 1. The van der Waals surface area contributed by atoms with Crippen LogP contribution in [0, 0.1) is 0 Å². The van der Waals surface area contributed by atoms with Crippen LogP contribution in [0.25, 0.3) is 11.0 Å². The zero-order valence-electron chi connectivity index (χ0n) is 14.7. The van der Waals surface area contributed by atoms with Crippen LogP contribution in [0.4, 0.5) is 5.69 Å². The number of benzene rings is 2. The summed E-state index contributed by atoms with van der Waals surface area (Å²) in [7, 11) is 3.89. The van der Waals surface area contributed by atoms with Crippen molar-refractivity contribution in [2.75, 3.05) is 26.0 Å². The summed E-state index contributed by atoms with van der Waals surface area (Å²) in [4.78, 5) is 34.6. The van der Waals surface area contributed by atoms with Gasteiger partial charge in [0.25, 0.3) is 0 Å². The van der Waals surface area contributed by atoms with Gasteiger partial charge in [-0.25, -0.2) is 4.98 Å². The predicted octanol–water partition coefficient (Wildman–Crippen LogP) is 2.78. The number of aromatic amines is 1. The first-order chi connectivity index (χ1) is 12.5. The molecule has 4 rings (SSSR count). The number of Topliss-reactive ketones (excluding diaryl/α,β-unsaturated/α-hetero) is 1. The van der Waals surface area contributed by atoms with E-state index in [4.69, 9.17) is 0 Å². The lowest BCUT2D eigenvalue weighted by Gasteiger charge is -2.08. The van der Waals surface area contributed by atoms with E-state index >= 15 is 0 Å². The van der Waals surface area contributed by atoms with E-state index in [1.54, 1.807) is 6.07 Å². The highest BCUT2D eigenvalue weighted by Gasteiger charge is 2.33. The van der Waals surface area contributed by atoms with Crippen LogP contribution in [0.1, 0.15) is 34.1 Å². The Bertz CT molecular complexity index is 1010. The zero-order valence-corrected chi connectivity index (χ0v) is 14.7. The molecular formula is C20H20N4O2. The molecule has 6 nitrogen and oxygen atoms in total. The van der Waals surface area contributed by atoms with Gasteiger partial charge in [0.05, 0.1) is 11.0 Å². The summed E-state index contributed by atoms with van der Waals surface area (Å²) in [6.07, 6.45) is 0.470. The standard InChI is InChI=1S/C20H20N4O2/c1-24(2)10-9-17(25)12-7-8-15-16(11-12)22-19(21-15)18-13-5-3-4-6-14(13)23-20(18)26/h3-8,11,18H,9-10H2,1-2H3,(H,21,22)(H,23,26). The Morgan fingerprint density at radius 2 is 2.00 bits per heavy atom. The highest BCUT2D eigenvalue weighted by atomic mass is 16.2. The van der Waals surface area contributed by atoms with Crippen molar-refractivity contribution in [1.29, 1.82) is 0 Å². The maximum absolute atomic E-state index is 12.4. The van der Waals surface area contributed by atoms with E-state index in [1.165, 1.54) is 0 Å². The number of amides is 1. The van der Waals surface area contributed by atoms with E-state index in [0.717, 1.165) is 22.3 Å². The van der Waals surface area contributed by atoms with Gasteiger partial charge in [-0.05, 0) is 43.9 Å². The van der Waals surface area contributed by atoms with Crippen molar-refractivity contribution in [2.45, 2.75) is 12.3 Å². The fourth-order valence-electron chi connectivity index (χ4n) is 3.29. The number of aromatic nitrogens is 2. The van der Waals surface area contributed by atoms with Crippen molar-refractivity contribution in [2.24, 2.45) is 0 Å². The number of nitrogens with one attached hydrogen (secondary N) is 2. The van der Waals surface area contributed by atoms with Crippen molar-refractivity contribution < 1.29 is 9.59 Å². The number of nitrogens with zero attached hydrogens (tertiary/aromatic N) is 2. The molecule has 0 aliphatic carbocycles. The minimum Gasteiger partial charge on any atom is -0.341 e. The van der Waals surface area contributed by atoms with Crippen LogP contribution in [0.3, 0.4) is 0 Å². The van der Waals surface area contributed by atoms with Crippen molar-refractivity contribution in [3.63, 3.8) is 0 Å². The number of carbonyl (C=O) groups is 2. The third kappa shape index (κ3) is 2.88. The quantitative estimate of drug-likeness (QED) is 0.695. The highest BCUT2D eigenvalue weighted by Crippen LogP contribution is 2.36. The molecule has 1 unspecified atom stereocenters. The van der Waals surface area contributed by atoms with Gasteiger partial charge >= 0.3 is 0 Å². The predicted molar refractivity (Wildman–Crippen MR) is 101 cm³/mol. The number of fused-ring (bicyclic) bond motifs is 2. The molecule has 1 atom stereocenters.